The van der Waals surface area contributed by atoms with Gasteiger partial charge in [-0.1, -0.05) is 12.1 Å². The summed E-state index contributed by atoms with van der Waals surface area (Å²) >= 11 is 0. The molecule has 0 aliphatic carbocycles. The van der Waals surface area contributed by atoms with Crippen molar-refractivity contribution in [3.8, 4) is 5.75 Å². The van der Waals surface area contributed by atoms with Crippen LogP contribution in [0.3, 0.4) is 0 Å². The second-order valence-corrected chi connectivity index (χ2v) is 5.86. The van der Waals surface area contributed by atoms with Gasteiger partial charge in [-0.3, -0.25) is 0 Å². The van der Waals surface area contributed by atoms with Gasteiger partial charge in [-0.15, -0.1) is 0 Å². The second-order valence-electron chi connectivity index (χ2n) is 5.86. The maximum absolute atomic E-state index is 12.3. The molecule has 1 aliphatic heterocycles. The molecule has 0 spiro atoms. The Kier molecular flexibility index (Phi) is 7.20. The predicted octanol–water partition coefficient (Wildman–Crippen LogP) is 2.84. The number of nitrogens with one attached hydrogen (secondary N) is 1. The van der Waals surface area contributed by atoms with Crippen LogP contribution in [-0.2, 0) is 11.2 Å². The summed E-state index contributed by atoms with van der Waals surface area (Å²) < 4.78 is 10.9. The van der Waals surface area contributed by atoms with Crippen molar-refractivity contribution in [3.05, 3.63) is 29.8 Å². The van der Waals surface area contributed by atoms with E-state index in [4.69, 9.17) is 9.47 Å². The van der Waals surface area contributed by atoms with Crippen molar-refractivity contribution >= 4 is 6.03 Å². The molecule has 1 saturated heterocycles. The molecule has 2 rings (SSSR count). The molecule has 5 nitrogen and oxygen atoms in total. The Hall–Kier alpha value is -1.75. The summed E-state index contributed by atoms with van der Waals surface area (Å²) in [7, 11) is 1.66. The molecule has 0 unspecified atom stereocenters. The number of ether oxygens (including phenoxy) is 2. The standard InChI is InChI=1S/C18H28N2O3/c1-3-20(14-17-6-4-5-13-23-17)18(21)19-12-11-15-7-9-16(22-2)10-8-15/h7-10,17H,3-6,11-14H2,1-2H3,(H,19,21)/t17-/m1/s1. The number of amides is 2. The summed E-state index contributed by atoms with van der Waals surface area (Å²) in [6.07, 6.45) is 4.39. The molecule has 0 aromatic heterocycles. The number of hydrogen-bond acceptors (Lipinski definition) is 3. The van der Waals surface area contributed by atoms with Crippen LogP contribution in [0.4, 0.5) is 4.79 Å². The van der Waals surface area contributed by atoms with Crippen LogP contribution >= 0.6 is 0 Å². The number of hydrogen-bond donors (Lipinski definition) is 1. The molecule has 0 radical (unpaired) electrons. The molecule has 0 bridgehead atoms. The van der Waals surface area contributed by atoms with Gasteiger partial charge in [0.05, 0.1) is 13.2 Å². The van der Waals surface area contributed by atoms with Gasteiger partial charge in [0.15, 0.2) is 0 Å². The zero-order valence-electron chi connectivity index (χ0n) is 14.2. The van der Waals surface area contributed by atoms with E-state index in [9.17, 15) is 4.79 Å². The van der Waals surface area contributed by atoms with Crippen molar-refractivity contribution in [2.75, 3.05) is 33.4 Å². The minimum Gasteiger partial charge on any atom is -0.497 e. The molecule has 1 atom stereocenters. The highest BCUT2D eigenvalue weighted by atomic mass is 16.5. The number of carbonyl (C=O) groups excluding carboxylic acids is 1. The van der Waals surface area contributed by atoms with Gasteiger partial charge >= 0.3 is 6.03 Å². The molecule has 128 valence electrons. The fraction of sp³-hybridized carbons (Fsp3) is 0.611. The van der Waals surface area contributed by atoms with Gasteiger partial charge in [-0.25, -0.2) is 4.79 Å². The summed E-state index contributed by atoms with van der Waals surface area (Å²) in [5, 5.41) is 3.00. The topological polar surface area (TPSA) is 50.8 Å². The van der Waals surface area contributed by atoms with E-state index in [1.165, 1.54) is 12.0 Å². The molecule has 1 aromatic carbocycles. The lowest BCUT2D eigenvalue weighted by Crippen LogP contribution is -2.45. The van der Waals surface area contributed by atoms with Crippen molar-refractivity contribution in [2.45, 2.75) is 38.7 Å². The van der Waals surface area contributed by atoms with Crippen molar-refractivity contribution in [3.63, 3.8) is 0 Å². The Morgan fingerprint density at radius 2 is 2.13 bits per heavy atom. The summed E-state index contributed by atoms with van der Waals surface area (Å²) in [5.41, 5.74) is 1.18. The first-order chi connectivity index (χ1) is 11.2. The Morgan fingerprint density at radius 3 is 2.74 bits per heavy atom. The average molecular weight is 320 g/mol. The van der Waals surface area contributed by atoms with Gasteiger partial charge in [0.1, 0.15) is 5.75 Å². The number of urea groups is 1. The maximum Gasteiger partial charge on any atom is 0.317 e. The number of nitrogens with zero attached hydrogens (tertiary/aromatic N) is 1. The van der Waals surface area contributed by atoms with E-state index >= 15 is 0 Å². The van der Waals surface area contributed by atoms with Crippen LogP contribution in [0.15, 0.2) is 24.3 Å². The summed E-state index contributed by atoms with van der Waals surface area (Å²) in [6, 6.07) is 7.93. The van der Waals surface area contributed by atoms with Crippen LogP contribution < -0.4 is 10.1 Å². The highest BCUT2D eigenvalue weighted by Gasteiger charge is 2.20. The van der Waals surface area contributed by atoms with Crippen LogP contribution in [0.1, 0.15) is 31.7 Å². The minimum absolute atomic E-state index is 0.00446. The molecule has 1 heterocycles. The van der Waals surface area contributed by atoms with E-state index in [0.29, 0.717) is 19.6 Å². The van der Waals surface area contributed by atoms with Crippen molar-refractivity contribution in [1.29, 1.82) is 0 Å². The molecular formula is C18H28N2O3. The van der Waals surface area contributed by atoms with E-state index in [-0.39, 0.29) is 12.1 Å². The Balaban J connectivity index is 1.72. The molecule has 1 fully saturated rings. The predicted molar refractivity (Wildman–Crippen MR) is 90.9 cm³/mol. The van der Waals surface area contributed by atoms with E-state index in [2.05, 4.69) is 5.32 Å². The first-order valence-corrected chi connectivity index (χ1v) is 8.50. The summed E-state index contributed by atoms with van der Waals surface area (Å²) in [4.78, 5) is 14.1. The SMILES string of the molecule is CCN(C[C@H]1CCCCO1)C(=O)NCCc1ccc(OC)cc1. The normalized spacial score (nSPS) is 17.6. The van der Waals surface area contributed by atoms with Crippen molar-refractivity contribution in [1.82, 2.24) is 10.2 Å². The van der Waals surface area contributed by atoms with Gasteiger partial charge < -0.3 is 19.7 Å². The van der Waals surface area contributed by atoms with Gasteiger partial charge in [0, 0.05) is 26.2 Å². The fourth-order valence-corrected chi connectivity index (χ4v) is 2.77. The molecular weight excluding hydrogens is 292 g/mol. The highest BCUT2D eigenvalue weighted by molar-refractivity contribution is 5.74. The van der Waals surface area contributed by atoms with Crippen molar-refractivity contribution < 1.29 is 14.3 Å². The Morgan fingerprint density at radius 1 is 1.35 bits per heavy atom. The maximum atomic E-state index is 12.3. The zero-order chi connectivity index (χ0) is 16.5. The van der Waals surface area contributed by atoms with Gasteiger partial charge in [-0.2, -0.15) is 0 Å². The fourth-order valence-electron chi connectivity index (χ4n) is 2.77. The molecule has 1 aliphatic rings. The molecule has 5 heteroatoms. The minimum atomic E-state index is -0.00446. The molecule has 0 saturated carbocycles. The molecule has 23 heavy (non-hydrogen) atoms. The van der Waals surface area contributed by atoms with E-state index in [1.54, 1.807) is 7.11 Å². The van der Waals surface area contributed by atoms with Gasteiger partial charge in [0.25, 0.3) is 0 Å². The highest BCUT2D eigenvalue weighted by Crippen LogP contribution is 2.14. The number of methoxy groups -OCH3 is 1. The Bertz CT molecular complexity index is 470. The number of rotatable bonds is 7. The number of likely N-dealkylation sites (N-methyl/N-ethyl adjacent to an activating group) is 1. The molecule has 1 N–H and O–H groups in total. The van der Waals surface area contributed by atoms with E-state index < -0.39 is 0 Å². The summed E-state index contributed by atoms with van der Waals surface area (Å²) in [5.74, 6) is 0.849. The van der Waals surface area contributed by atoms with Crippen LogP contribution in [-0.4, -0.2) is 50.4 Å². The van der Waals surface area contributed by atoms with Gasteiger partial charge in [-0.05, 0) is 50.3 Å². The van der Waals surface area contributed by atoms with Gasteiger partial charge in [0.2, 0.25) is 0 Å². The third-order valence-corrected chi connectivity index (χ3v) is 4.22. The number of benzene rings is 1. The third kappa shape index (κ3) is 5.75. The summed E-state index contributed by atoms with van der Waals surface area (Å²) in [6.45, 7) is 4.85. The number of carbonyl (C=O) groups is 1. The van der Waals surface area contributed by atoms with E-state index in [0.717, 1.165) is 31.6 Å². The van der Waals surface area contributed by atoms with Crippen molar-refractivity contribution in [2.24, 2.45) is 0 Å². The third-order valence-electron chi connectivity index (χ3n) is 4.22. The largest absolute Gasteiger partial charge is 0.497 e. The quantitative estimate of drug-likeness (QED) is 0.840. The lowest BCUT2D eigenvalue weighted by atomic mass is 10.1. The first kappa shape index (κ1) is 17.6. The second kappa shape index (κ2) is 9.40. The molecule has 1 aromatic rings. The first-order valence-electron chi connectivity index (χ1n) is 8.50. The van der Waals surface area contributed by atoms with Crippen LogP contribution in [0.2, 0.25) is 0 Å². The monoisotopic (exact) mass is 320 g/mol. The van der Waals surface area contributed by atoms with Crippen LogP contribution in [0.25, 0.3) is 0 Å². The lowest BCUT2D eigenvalue weighted by Gasteiger charge is -2.29. The van der Waals surface area contributed by atoms with Crippen LogP contribution in [0.5, 0.6) is 5.75 Å². The van der Waals surface area contributed by atoms with Crippen LogP contribution in [0, 0.1) is 0 Å². The molecule has 2 amide bonds. The Labute approximate surface area is 139 Å². The smallest absolute Gasteiger partial charge is 0.317 e. The lowest BCUT2D eigenvalue weighted by molar-refractivity contribution is 0.00136. The zero-order valence-corrected chi connectivity index (χ0v) is 14.2. The van der Waals surface area contributed by atoms with E-state index in [1.807, 2.05) is 36.1 Å². The average Bonchev–Trinajstić information content (AvgIpc) is 2.61.